The lowest BCUT2D eigenvalue weighted by atomic mass is 10.1. The minimum Gasteiger partial charge on any atom is -0.336 e. The normalized spacial score (nSPS) is 12.4. The van der Waals surface area contributed by atoms with Crippen molar-refractivity contribution in [2.75, 3.05) is 13.1 Å². The summed E-state index contributed by atoms with van der Waals surface area (Å²) in [6.45, 7) is 12.8. The number of unbranched alkanes of at least 4 members (excludes halogenated alkanes) is 8. The van der Waals surface area contributed by atoms with Gasteiger partial charge in [0.25, 0.3) is 0 Å². The maximum Gasteiger partial charge on any atom is 0.342 e. The van der Waals surface area contributed by atoms with Gasteiger partial charge in [-0.25, -0.2) is 47.7 Å². The van der Waals surface area contributed by atoms with Gasteiger partial charge in [-0.2, -0.15) is 0 Å². The molecule has 13 nitrogen and oxygen atoms in total. The molecule has 0 bridgehead atoms. The van der Waals surface area contributed by atoms with Crippen LogP contribution >= 0.6 is 0 Å². The lowest BCUT2D eigenvalue weighted by Crippen LogP contribution is -2.56. The molecule has 4 amide bonds. The van der Waals surface area contributed by atoms with Gasteiger partial charge in [-0.05, 0) is 65.7 Å². The SMILES string of the molecule is CCC(C)=NCCCCCCCCn1c(=O)n(CCCCCCNC(=O)N=C(C)CC)c(=O)n(CNC(=O)N=C(C)CC)c1=O. The number of aromatic nitrogens is 3. The fraction of sp³-hybridized carbons (Fsp3) is 0.750. The van der Waals surface area contributed by atoms with Crippen LogP contribution in [-0.2, 0) is 19.8 Å². The van der Waals surface area contributed by atoms with Crippen molar-refractivity contribution in [3.8, 4) is 0 Å². The number of hydrogen-bond donors (Lipinski definition) is 2. The molecule has 0 aliphatic heterocycles. The van der Waals surface area contributed by atoms with Crippen LogP contribution in [-0.4, -0.2) is 56.0 Å². The first kappa shape index (κ1) is 39.4. The number of aliphatic imine (C=N–C) groups is 3. The number of hydrogen-bond acceptors (Lipinski definition) is 6. The van der Waals surface area contributed by atoms with Crippen molar-refractivity contribution in [1.29, 1.82) is 0 Å². The quantitative estimate of drug-likeness (QED) is 0.143. The maximum atomic E-state index is 13.3. The van der Waals surface area contributed by atoms with Gasteiger partial charge in [-0.3, -0.25) is 4.99 Å². The van der Waals surface area contributed by atoms with Crippen LogP contribution in [0.15, 0.2) is 29.4 Å². The van der Waals surface area contributed by atoms with E-state index in [0.717, 1.165) is 90.2 Å². The molecule has 1 aromatic rings. The molecule has 0 spiro atoms. The second-order valence-electron chi connectivity index (χ2n) is 11.4. The van der Waals surface area contributed by atoms with Crippen molar-refractivity contribution in [1.82, 2.24) is 24.3 Å². The first-order valence-electron chi connectivity index (χ1n) is 16.6. The van der Waals surface area contributed by atoms with E-state index in [2.05, 4.69) is 32.5 Å². The van der Waals surface area contributed by atoms with E-state index in [0.29, 0.717) is 31.5 Å². The highest BCUT2D eigenvalue weighted by molar-refractivity contribution is 5.93. The molecule has 1 rings (SSSR count). The maximum absolute atomic E-state index is 13.3. The van der Waals surface area contributed by atoms with E-state index in [1.54, 1.807) is 6.92 Å². The Labute approximate surface area is 267 Å². The molecular weight excluding hydrogens is 576 g/mol. The van der Waals surface area contributed by atoms with E-state index in [1.165, 1.54) is 5.71 Å². The third-order valence-electron chi connectivity index (χ3n) is 7.65. The lowest BCUT2D eigenvalue weighted by molar-refractivity contribution is 0.245. The van der Waals surface area contributed by atoms with Gasteiger partial charge in [0.05, 0.1) is 0 Å². The zero-order chi connectivity index (χ0) is 33.6. The molecular formula is C32H56N8O5. The minimum atomic E-state index is -0.755. The Morgan fingerprint density at radius 3 is 1.49 bits per heavy atom. The molecule has 0 fully saturated rings. The Bertz CT molecular complexity index is 1340. The average Bonchev–Trinajstić information content (AvgIpc) is 3.01. The zero-order valence-corrected chi connectivity index (χ0v) is 28.5. The van der Waals surface area contributed by atoms with E-state index in [1.807, 2.05) is 27.7 Å². The van der Waals surface area contributed by atoms with Gasteiger partial charge in [-0.1, -0.05) is 59.3 Å². The molecule has 13 heteroatoms. The molecule has 0 atom stereocenters. The molecule has 0 unspecified atom stereocenters. The second-order valence-corrected chi connectivity index (χ2v) is 11.4. The van der Waals surface area contributed by atoms with Crippen LogP contribution in [0.5, 0.6) is 0 Å². The second kappa shape index (κ2) is 22.8. The summed E-state index contributed by atoms with van der Waals surface area (Å²) >= 11 is 0. The van der Waals surface area contributed by atoms with Crippen LogP contribution in [0.2, 0.25) is 0 Å². The number of amides is 4. The average molecular weight is 633 g/mol. The number of nitrogens with one attached hydrogen (secondary N) is 2. The molecule has 0 aliphatic carbocycles. The van der Waals surface area contributed by atoms with Crippen LogP contribution in [0, 0.1) is 0 Å². The zero-order valence-electron chi connectivity index (χ0n) is 28.5. The molecule has 1 heterocycles. The molecule has 0 aliphatic rings. The topological polar surface area (TPSA) is 161 Å². The Balaban J connectivity index is 2.85. The first-order valence-corrected chi connectivity index (χ1v) is 16.6. The summed E-state index contributed by atoms with van der Waals surface area (Å²) in [5, 5.41) is 5.26. The molecule has 0 saturated heterocycles. The lowest BCUT2D eigenvalue weighted by Gasteiger charge is -2.14. The molecule has 45 heavy (non-hydrogen) atoms. The summed E-state index contributed by atoms with van der Waals surface area (Å²) < 4.78 is 3.07. The van der Waals surface area contributed by atoms with Crippen molar-refractivity contribution in [2.24, 2.45) is 15.0 Å². The van der Waals surface area contributed by atoms with Gasteiger partial charge in [0.15, 0.2) is 0 Å². The Kier molecular flexibility index (Phi) is 20.0. The number of nitrogens with zero attached hydrogens (tertiary/aromatic N) is 6. The summed E-state index contributed by atoms with van der Waals surface area (Å²) in [7, 11) is 0. The Morgan fingerprint density at radius 2 is 0.978 bits per heavy atom. The largest absolute Gasteiger partial charge is 0.342 e. The highest BCUT2D eigenvalue weighted by atomic mass is 16.2. The van der Waals surface area contributed by atoms with Gasteiger partial charge in [0.2, 0.25) is 0 Å². The molecule has 0 radical (unpaired) electrons. The van der Waals surface area contributed by atoms with Gasteiger partial charge >= 0.3 is 29.1 Å². The summed E-state index contributed by atoms with van der Waals surface area (Å²) in [4.78, 5) is 76.1. The number of urea groups is 2. The van der Waals surface area contributed by atoms with E-state index in [9.17, 15) is 24.0 Å². The van der Waals surface area contributed by atoms with Crippen molar-refractivity contribution < 1.29 is 9.59 Å². The monoisotopic (exact) mass is 632 g/mol. The Hall–Kier alpha value is -3.64. The summed E-state index contributed by atoms with van der Waals surface area (Å²) in [5.41, 5.74) is 0.438. The highest BCUT2D eigenvalue weighted by Crippen LogP contribution is 2.06. The third kappa shape index (κ3) is 15.8. The molecule has 2 N–H and O–H groups in total. The third-order valence-corrected chi connectivity index (χ3v) is 7.65. The van der Waals surface area contributed by atoms with Crippen molar-refractivity contribution in [3.63, 3.8) is 0 Å². The number of carbonyl (C=O) groups is 2. The molecule has 1 aromatic heterocycles. The highest BCUT2D eigenvalue weighted by Gasteiger charge is 2.16. The van der Waals surface area contributed by atoms with Gasteiger partial charge in [0, 0.05) is 43.3 Å². The fourth-order valence-electron chi connectivity index (χ4n) is 4.35. The van der Waals surface area contributed by atoms with E-state index in [-0.39, 0.29) is 25.8 Å². The smallest absolute Gasteiger partial charge is 0.336 e. The van der Waals surface area contributed by atoms with E-state index < -0.39 is 23.1 Å². The minimum absolute atomic E-state index is 0.144. The standard InChI is InChI=1S/C32H56N8O5/c1-7-25(4)33-20-16-12-10-11-14-18-22-38-30(43)39(23-19-15-13-17-21-34-28(41)36-26(5)8-2)32(45)40(31(38)44)24-35-29(42)37-27(6)9-3/h7-24H2,1-6H3,(H,34,41)(H,35,42). The van der Waals surface area contributed by atoms with E-state index in [4.69, 9.17) is 0 Å². The van der Waals surface area contributed by atoms with Crippen molar-refractivity contribution >= 4 is 29.2 Å². The van der Waals surface area contributed by atoms with Gasteiger partial charge in [0.1, 0.15) is 6.67 Å². The number of rotatable bonds is 21. The van der Waals surface area contributed by atoms with Gasteiger partial charge in [-0.15, -0.1) is 0 Å². The summed E-state index contributed by atoms with van der Waals surface area (Å²) in [6, 6.07) is -0.998. The summed E-state index contributed by atoms with van der Waals surface area (Å²) in [5.74, 6) is 0. The van der Waals surface area contributed by atoms with E-state index >= 15 is 0 Å². The molecule has 254 valence electrons. The predicted octanol–water partition coefficient (Wildman–Crippen LogP) is 5.06. The Morgan fingerprint density at radius 1 is 0.556 bits per heavy atom. The first-order chi connectivity index (χ1) is 21.5. The van der Waals surface area contributed by atoms with Crippen molar-refractivity contribution in [2.45, 2.75) is 145 Å². The van der Waals surface area contributed by atoms with Crippen LogP contribution in [0.1, 0.15) is 125 Å². The van der Waals surface area contributed by atoms with Crippen LogP contribution in [0.25, 0.3) is 0 Å². The predicted molar refractivity (Wildman–Crippen MR) is 182 cm³/mol. The van der Waals surface area contributed by atoms with Gasteiger partial charge < -0.3 is 10.6 Å². The molecule has 0 saturated carbocycles. The van der Waals surface area contributed by atoms with Crippen LogP contribution < -0.4 is 27.7 Å². The molecule has 0 aromatic carbocycles. The van der Waals surface area contributed by atoms with Crippen LogP contribution in [0.4, 0.5) is 9.59 Å². The van der Waals surface area contributed by atoms with Crippen molar-refractivity contribution in [3.05, 3.63) is 31.5 Å². The van der Waals surface area contributed by atoms with Crippen LogP contribution in [0.3, 0.4) is 0 Å². The number of carbonyl (C=O) groups excluding carboxylic acids is 2. The summed E-state index contributed by atoms with van der Waals surface area (Å²) in [6.07, 6.45) is 10.7. The fourth-order valence-corrected chi connectivity index (χ4v) is 4.35.